The van der Waals surface area contributed by atoms with Gasteiger partial charge >= 0.3 is 0 Å². The molecule has 0 radical (unpaired) electrons. The minimum atomic E-state index is -0.593. The normalized spacial score (nSPS) is 13.3. The van der Waals surface area contributed by atoms with Crippen LogP contribution in [0, 0.1) is 17.9 Å². The first kappa shape index (κ1) is 38.4. The highest BCUT2D eigenvalue weighted by atomic mass is 19.1. The molecule has 2 heteroatoms. The summed E-state index contributed by atoms with van der Waals surface area (Å²) < 4.78 is 14.6. The van der Waals surface area contributed by atoms with E-state index in [0.29, 0.717) is 0 Å². The molecule has 0 bridgehead atoms. The van der Waals surface area contributed by atoms with Crippen molar-refractivity contribution in [2.45, 2.75) is 18.3 Å². The fourth-order valence-corrected chi connectivity index (χ4v) is 10.7. The van der Waals surface area contributed by atoms with Gasteiger partial charge in [-0.2, -0.15) is 0 Å². The van der Waals surface area contributed by atoms with Gasteiger partial charge in [-0.15, -0.1) is 0 Å². The van der Waals surface area contributed by atoms with Gasteiger partial charge in [0, 0.05) is 16.8 Å². The number of anilines is 3. The van der Waals surface area contributed by atoms with Crippen molar-refractivity contribution in [2.75, 3.05) is 4.90 Å². The lowest BCUT2D eigenvalue weighted by atomic mass is 9.68. The van der Waals surface area contributed by atoms with Gasteiger partial charge < -0.3 is 4.90 Å². The number of rotatable bonds is 8. The average molecular weight is 832 g/mol. The zero-order chi connectivity index (χ0) is 43.3. The molecule has 2 aliphatic rings. The molecule has 1 nitrogen and oxygen atoms in total. The Morgan fingerprint density at radius 3 is 1.86 bits per heavy atom. The van der Waals surface area contributed by atoms with Crippen molar-refractivity contribution in [3.05, 3.63) is 281 Å². The molecule has 10 aromatic carbocycles. The summed E-state index contributed by atoms with van der Waals surface area (Å²) in [6.07, 6.45) is 4.28. The minimum absolute atomic E-state index is 0.246. The standard InChI is InChI=1S/C63H42FN/c64-49-26-13-21-46(41-49)54-31-16-20-45-19-15-30-53(62(45)54)44-35-37-50(38-36-44)65(61-34-12-10-29-58(61)55-32-14-18-43-17-7-8-27-52(43)55)51-39-40-57-56-28-9-11-33-59(56)63(60(57)42-51,47-22-3-1-4-23-47)48-24-5-2-6-25-48/h1-13,15-31,33-38,41-42H,14,32H2. The molecule has 65 heavy (non-hydrogen) atoms. The fourth-order valence-electron chi connectivity index (χ4n) is 10.7. The Hall–Kier alpha value is -8.25. The van der Waals surface area contributed by atoms with E-state index in [-0.39, 0.29) is 5.82 Å². The lowest BCUT2D eigenvalue weighted by molar-refractivity contribution is 0.628. The number of hydrogen-bond acceptors (Lipinski definition) is 1. The van der Waals surface area contributed by atoms with Crippen molar-refractivity contribution in [2.24, 2.45) is 0 Å². The molecule has 0 spiro atoms. The van der Waals surface area contributed by atoms with Crippen LogP contribution in [0.2, 0.25) is 0 Å². The van der Waals surface area contributed by atoms with Crippen molar-refractivity contribution >= 4 is 39.5 Å². The number of halogens is 1. The van der Waals surface area contributed by atoms with Gasteiger partial charge in [-0.3, -0.25) is 0 Å². The van der Waals surface area contributed by atoms with Crippen LogP contribution in [0.25, 0.3) is 55.8 Å². The minimum Gasteiger partial charge on any atom is -0.303 e. The van der Waals surface area contributed by atoms with Gasteiger partial charge in [0.05, 0.1) is 16.8 Å². The van der Waals surface area contributed by atoms with Crippen LogP contribution in [0.4, 0.5) is 21.5 Å². The van der Waals surface area contributed by atoms with Gasteiger partial charge in [0.1, 0.15) is 5.82 Å². The van der Waals surface area contributed by atoms with Crippen LogP contribution in [0.1, 0.15) is 40.7 Å². The van der Waals surface area contributed by atoms with Crippen molar-refractivity contribution < 1.29 is 4.39 Å². The van der Waals surface area contributed by atoms with E-state index in [1.165, 1.54) is 55.5 Å². The van der Waals surface area contributed by atoms with Crippen molar-refractivity contribution in [3.8, 4) is 33.4 Å². The third kappa shape index (κ3) is 6.31. The van der Waals surface area contributed by atoms with Crippen LogP contribution in [-0.4, -0.2) is 0 Å². The summed E-state index contributed by atoms with van der Waals surface area (Å²) in [7, 11) is 0. The summed E-state index contributed by atoms with van der Waals surface area (Å²) in [6.45, 7) is 0. The summed E-state index contributed by atoms with van der Waals surface area (Å²) >= 11 is 0. The Morgan fingerprint density at radius 2 is 1.11 bits per heavy atom. The first-order chi connectivity index (χ1) is 32.2. The van der Waals surface area contributed by atoms with Crippen LogP contribution in [0.5, 0.6) is 0 Å². The highest BCUT2D eigenvalue weighted by molar-refractivity contribution is 6.06. The van der Waals surface area contributed by atoms with Gasteiger partial charge in [-0.1, -0.05) is 200 Å². The maximum atomic E-state index is 14.6. The van der Waals surface area contributed by atoms with Crippen LogP contribution >= 0.6 is 0 Å². The molecule has 0 unspecified atom stereocenters. The summed E-state index contributed by atoms with van der Waals surface area (Å²) in [5.41, 5.74) is 16.0. The number of hydrogen-bond donors (Lipinski definition) is 0. The van der Waals surface area contributed by atoms with E-state index in [9.17, 15) is 4.39 Å². The average Bonchev–Trinajstić information content (AvgIpc) is 3.67. The van der Waals surface area contributed by atoms with Crippen molar-refractivity contribution in [3.63, 3.8) is 0 Å². The van der Waals surface area contributed by atoms with Crippen molar-refractivity contribution in [1.82, 2.24) is 0 Å². The number of benzene rings is 9. The predicted molar refractivity (Wildman–Crippen MR) is 266 cm³/mol. The van der Waals surface area contributed by atoms with Gasteiger partial charge in [0.2, 0.25) is 0 Å². The highest BCUT2D eigenvalue weighted by Crippen LogP contribution is 2.56. The first-order valence-corrected chi connectivity index (χ1v) is 22.4. The molecule has 0 aliphatic heterocycles. The topological polar surface area (TPSA) is 3.24 Å². The first-order valence-electron chi connectivity index (χ1n) is 22.4. The molecule has 0 fully saturated rings. The lowest BCUT2D eigenvalue weighted by Gasteiger charge is -2.34. The number of nitrogens with zero attached hydrogens (tertiary/aromatic N) is 1. The molecular weight excluding hydrogens is 790 g/mol. The molecule has 0 atom stereocenters. The zero-order valence-electron chi connectivity index (χ0n) is 35.7. The molecule has 0 amide bonds. The monoisotopic (exact) mass is 831 g/mol. The lowest BCUT2D eigenvalue weighted by Crippen LogP contribution is -2.30. The summed E-state index contributed by atoms with van der Waals surface area (Å²) in [5.74, 6) is -0.246. The molecule has 0 aromatic heterocycles. The van der Waals surface area contributed by atoms with E-state index in [1.807, 2.05) is 6.07 Å². The van der Waals surface area contributed by atoms with E-state index < -0.39 is 5.41 Å². The molecule has 12 rings (SSSR count). The smallest absolute Gasteiger partial charge is 0.123 e. The molecule has 0 saturated heterocycles. The predicted octanol–water partition coefficient (Wildman–Crippen LogP) is 14.5. The van der Waals surface area contributed by atoms with Crippen LogP contribution < -0.4 is 15.3 Å². The largest absolute Gasteiger partial charge is 0.303 e. The Labute approximate surface area is 379 Å². The maximum Gasteiger partial charge on any atom is 0.123 e. The summed E-state index contributed by atoms with van der Waals surface area (Å²) in [6, 6.07) is 86.7. The zero-order valence-corrected chi connectivity index (χ0v) is 35.7. The van der Waals surface area contributed by atoms with Gasteiger partial charge in [-0.05, 0) is 132 Å². The SMILES string of the molecule is Fc1cccc(-c2cccc3cccc(-c4ccc(N(c5c#cc6c(c5)C(c5ccccc5)(c5ccccc5)c5ccccc5-6)c5ccccc5C5=c6ccccc6=CCC5)cc4)c23)c1. The van der Waals surface area contributed by atoms with Gasteiger partial charge in [-0.25, -0.2) is 4.39 Å². The maximum absolute atomic E-state index is 14.6. The van der Waals surface area contributed by atoms with Crippen molar-refractivity contribution in [1.29, 1.82) is 0 Å². The van der Waals surface area contributed by atoms with E-state index in [2.05, 4.69) is 223 Å². The molecule has 0 heterocycles. The molecule has 10 aromatic rings. The van der Waals surface area contributed by atoms with E-state index in [4.69, 9.17) is 0 Å². The Balaban J connectivity index is 1.09. The summed E-state index contributed by atoms with van der Waals surface area (Å²) in [4.78, 5) is 2.38. The third-order valence-electron chi connectivity index (χ3n) is 13.5. The second-order valence-electron chi connectivity index (χ2n) is 17.0. The van der Waals surface area contributed by atoms with E-state index >= 15 is 0 Å². The summed E-state index contributed by atoms with van der Waals surface area (Å²) in [5, 5.41) is 4.76. The van der Waals surface area contributed by atoms with E-state index in [1.54, 1.807) is 12.1 Å². The van der Waals surface area contributed by atoms with E-state index in [0.717, 1.165) is 68.5 Å². The number of fused-ring (bicyclic) bond motifs is 5. The Morgan fingerprint density at radius 1 is 0.477 bits per heavy atom. The van der Waals surface area contributed by atoms with Crippen LogP contribution in [-0.2, 0) is 5.41 Å². The Bertz CT molecular complexity index is 3510. The number of para-hydroxylation sites is 1. The second kappa shape index (κ2) is 15.8. The quantitative estimate of drug-likeness (QED) is 0.147. The van der Waals surface area contributed by atoms with Gasteiger partial charge in [0.15, 0.2) is 0 Å². The molecular formula is C63H42FN. The molecule has 306 valence electrons. The molecule has 0 saturated carbocycles. The Kier molecular flexibility index (Phi) is 9.36. The second-order valence-corrected chi connectivity index (χ2v) is 17.0. The van der Waals surface area contributed by atoms with Gasteiger partial charge in [0.25, 0.3) is 0 Å². The van der Waals surface area contributed by atoms with Crippen LogP contribution in [0.3, 0.4) is 0 Å². The highest BCUT2D eigenvalue weighted by Gasteiger charge is 2.46. The third-order valence-corrected chi connectivity index (χ3v) is 13.5. The molecule has 0 N–H and O–H groups in total. The van der Waals surface area contributed by atoms with Crippen LogP contribution in [0.15, 0.2) is 224 Å². The fraction of sp³-hybridized carbons (Fsp3) is 0.0476. The molecule has 2 aliphatic carbocycles.